The zero-order valence-corrected chi connectivity index (χ0v) is 15.5. The molecule has 1 saturated heterocycles. The zero-order valence-electron chi connectivity index (χ0n) is 13.9. The minimum atomic E-state index is -0.0951. The molecular formula is C16H20N4O3S2. The number of nitrogens with one attached hydrogen (secondary N) is 2. The summed E-state index contributed by atoms with van der Waals surface area (Å²) in [5.41, 5.74) is 0.709. The van der Waals surface area contributed by atoms with Gasteiger partial charge in [0.2, 0.25) is 11.0 Å². The number of aromatic nitrogens is 2. The summed E-state index contributed by atoms with van der Waals surface area (Å²) in [6.07, 6.45) is 2.46. The number of carbonyl (C=O) groups excluding carboxylic acids is 1. The third-order valence-electron chi connectivity index (χ3n) is 3.59. The van der Waals surface area contributed by atoms with Crippen molar-refractivity contribution in [1.29, 1.82) is 0 Å². The molecule has 2 N–H and O–H groups in total. The Bertz CT molecular complexity index is 704. The lowest BCUT2D eigenvalue weighted by atomic mass is 10.2. The predicted molar refractivity (Wildman–Crippen MR) is 99.7 cm³/mol. The molecule has 0 unspecified atom stereocenters. The lowest BCUT2D eigenvalue weighted by Gasteiger charge is -2.08. The Morgan fingerprint density at radius 3 is 3.20 bits per heavy atom. The van der Waals surface area contributed by atoms with E-state index in [4.69, 9.17) is 9.47 Å². The van der Waals surface area contributed by atoms with E-state index in [0.717, 1.165) is 35.5 Å². The maximum Gasteiger partial charge on any atom is 0.234 e. The Hall–Kier alpha value is -1.84. The fourth-order valence-corrected chi connectivity index (χ4v) is 3.93. The third kappa shape index (κ3) is 5.58. The number of methoxy groups -OCH3 is 1. The molecule has 0 bridgehead atoms. The number of amides is 1. The van der Waals surface area contributed by atoms with Crippen LogP contribution >= 0.6 is 23.1 Å². The number of thioether (sulfide) groups is 1. The van der Waals surface area contributed by atoms with Crippen molar-refractivity contribution >= 4 is 39.8 Å². The van der Waals surface area contributed by atoms with Gasteiger partial charge >= 0.3 is 0 Å². The summed E-state index contributed by atoms with van der Waals surface area (Å²) < 4.78 is 11.5. The van der Waals surface area contributed by atoms with Crippen molar-refractivity contribution < 1.29 is 14.3 Å². The van der Waals surface area contributed by atoms with E-state index < -0.39 is 0 Å². The van der Waals surface area contributed by atoms with Crippen LogP contribution in [0.2, 0.25) is 0 Å². The van der Waals surface area contributed by atoms with E-state index in [1.807, 2.05) is 18.2 Å². The van der Waals surface area contributed by atoms with E-state index >= 15 is 0 Å². The average Bonchev–Trinajstić information content (AvgIpc) is 3.30. The standard InChI is InChI=1S/C16H20N4O3S2/c1-22-12-5-2-4-11(8-12)18-14(21)10-24-16-20-19-15(25-16)17-9-13-6-3-7-23-13/h2,4-5,8,13H,3,6-7,9-10H2,1H3,(H,17,19)(H,18,21)/t13-/m1/s1. The van der Waals surface area contributed by atoms with E-state index in [0.29, 0.717) is 11.4 Å². The Morgan fingerprint density at radius 2 is 2.40 bits per heavy atom. The van der Waals surface area contributed by atoms with Crippen LogP contribution < -0.4 is 15.4 Å². The summed E-state index contributed by atoms with van der Waals surface area (Å²) >= 11 is 2.81. The van der Waals surface area contributed by atoms with Gasteiger partial charge in [0.05, 0.1) is 19.0 Å². The molecule has 7 nitrogen and oxygen atoms in total. The first-order chi connectivity index (χ1) is 12.2. The molecule has 2 heterocycles. The molecule has 1 aromatic carbocycles. The molecule has 1 amide bonds. The SMILES string of the molecule is COc1cccc(NC(=O)CSc2nnc(NC[C@H]3CCCO3)s2)c1. The second-order valence-corrected chi connectivity index (χ2v) is 7.66. The van der Waals surface area contributed by atoms with Crippen molar-refractivity contribution in [1.82, 2.24) is 10.2 Å². The lowest BCUT2D eigenvalue weighted by molar-refractivity contribution is -0.113. The minimum absolute atomic E-state index is 0.0951. The molecule has 25 heavy (non-hydrogen) atoms. The predicted octanol–water partition coefficient (Wildman–Crippen LogP) is 2.87. The van der Waals surface area contributed by atoms with Crippen LogP contribution in [0, 0.1) is 0 Å². The van der Waals surface area contributed by atoms with Gasteiger partial charge in [-0.05, 0) is 25.0 Å². The quantitative estimate of drug-likeness (QED) is 0.681. The topological polar surface area (TPSA) is 85.4 Å². The summed E-state index contributed by atoms with van der Waals surface area (Å²) in [4.78, 5) is 12.0. The highest BCUT2D eigenvalue weighted by Gasteiger charge is 2.16. The van der Waals surface area contributed by atoms with Gasteiger partial charge in [0.25, 0.3) is 0 Å². The first kappa shape index (κ1) is 18.0. The first-order valence-corrected chi connectivity index (χ1v) is 9.79. The number of nitrogens with zero attached hydrogens (tertiary/aromatic N) is 2. The van der Waals surface area contributed by atoms with E-state index in [1.165, 1.54) is 23.1 Å². The Kier molecular flexibility index (Phi) is 6.48. The maximum absolute atomic E-state index is 12.0. The Labute approximate surface area is 154 Å². The summed E-state index contributed by atoms with van der Waals surface area (Å²) in [6.45, 7) is 1.58. The molecule has 1 aromatic heterocycles. The molecule has 1 fully saturated rings. The van der Waals surface area contributed by atoms with Crippen molar-refractivity contribution in [3.05, 3.63) is 24.3 Å². The van der Waals surface area contributed by atoms with Gasteiger partial charge in [-0.15, -0.1) is 10.2 Å². The monoisotopic (exact) mass is 380 g/mol. The molecule has 1 aliphatic rings. The van der Waals surface area contributed by atoms with Gasteiger partial charge < -0.3 is 20.1 Å². The van der Waals surface area contributed by atoms with Gasteiger partial charge in [0.1, 0.15) is 5.75 Å². The highest BCUT2D eigenvalue weighted by Crippen LogP contribution is 2.26. The van der Waals surface area contributed by atoms with Gasteiger partial charge in [-0.2, -0.15) is 0 Å². The van der Waals surface area contributed by atoms with Crippen molar-refractivity contribution in [3.63, 3.8) is 0 Å². The normalized spacial score (nSPS) is 16.6. The molecular weight excluding hydrogens is 360 g/mol. The average molecular weight is 380 g/mol. The van der Waals surface area contributed by atoms with Crippen LogP contribution in [0.3, 0.4) is 0 Å². The molecule has 0 spiro atoms. The summed E-state index contributed by atoms with van der Waals surface area (Å²) in [6, 6.07) is 7.26. The number of carbonyl (C=O) groups is 1. The summed E-state index contributed by atoms with van der Waals surface area (Å²) in [5.74, 6) is 0.885. The fraction of sp³-hybridized carbons (Fsp3) is 0.438. The molecule has 9 heteroatoms. The van der Waals surface area contributed by atoms with Crippen LogP contribution in [0.4, 0.5) is 10.8 Å². The second kappa shape index (κ2) is 9.02. The molecule has 1 aliphatic heterocycles. The van der Waals surface area contributed by atoms with Gasteiger partial charge in [-0.3, -0.25) is 4.79 Å². The van der Waals surface area contributed by atoms with Crippen molar-refractivity contribution in [2.75, 3.05) is 36.6 Å². The number of benzene rings is 1. The van der Waals surface area contributed by atoms with Crippen LogP contribution in [-0.2, 0) is 9.53 Å². The van der Waals surface area contributed by atoms with Crippen molar-refractivity contribution in [2.45, 2.75) is 23.3 Å². The maximum atomic E-state index is 12.0. The third-order valence-corrected chi connectivity index (χ3v) is 5.61. The number of hydrogen-bond acceptors (Lipinski definition) is 8. The summed E-state index contributed by atoms with van der Waals surface area (Å²) in [5, 5.41) is 15.0. The Balaban J connectivity index is 1.42. The minimum Gasteiger partial charge on any atom is -0.497 e. The molecule has 0 radical (unpaired) electrons. The van der Waals surface area contributed by atoms with Crippen LogP contribution in [0.5, 0.6) is 5.75 Å². The van der Waals surface area contributed by atoms with Crippen LogP contribution in [0.25, 0.3) is 0 Å². The molecule has 3 rings (SSSR count). The lowest BCUT2D eigenvalue weighted by Crippen LogP contribution is -2.18. The first-order valence-electron chi connectivity index (χ1n) is 7.98. The van der Waals surface area contributed by atoms with Gasteiger partial charge in [0.15, 0.2) is 4.34 Å². The highest BCUT2D eigenvalue weighted by molar-refractivity contribution is 8.01. The smallest absolute Gasteiger partial charge is 0.234 e. The van der Waals surface area contributed by atoms with Crippen LogP contribution in [0.15, 0.2) is 28.6 Å². The fourth-order valence-electron chi connectivity index (χ4n) is 2.37. The van der Waals surface area contributed by atoms with Gasteiger partial charge in [0, 0.05) is 24.9 Å². The number of ether oxygens (including phenoxy) is 2. The molecule has 2 aromatic rings. The highest BCUT2D eigenvalue weighted by atomic mass is 32.2. The van der Waals surface area contributed by atoms with Gasteiger partial charge in [-0.25, -0.2) is 0 Å². The van der Waals surface area contributed by atoms with Crippen LogP contribution in [-0.4, -0.2) is 48.2 Å². The number of anilines is 2. The zero-order chi connectivity index (χ0) is 17.5. The van der Waals surface area contributed by atoms with Crippen molar-refractivity contribution in [3.8, 4) is 5.75 Å². The summed E-state index contributed by atoms with van der Waals surface area (Å²) in [7, 11) is 1.59. The van der Waals surface area contributed by atoms with Crippen molar-refractivity contribution in [2.24, 2.45) is 0 Å². The van der Waals surface area contributed by atoms with Gasteiger partial charge in [-0.1, -0.05) is 29.2 Å². The van der Waals surface area contributed by atoms with E-state index in [9.17, 15) is 4.79 Å². The largest absolute Gasteiger partial charge is 0.497 e. The molecule has 0 aliphatic carbocycles. The molecule has 134 valence electrons. The van der Waals surface area contributed by atoms with E-state index in [-0.39, 0.29) is 17.8 Å². The van der Waals surface area contributed by atoms with E-state index in [2.05, 4.69) is 20.8 Å². The second-order valence-electron chi connectivity index (χ2n) is 5.46. The molecule has 0 saturated carbocycles. The van der Waals surface area contributed by atoms with Crippen LogP contribution in [0.1, 0.15) is 12.8 Å². The molecule has 1 atom stereocenters. The number of rotatable bonds is 8. The number of hydrogen-bond donors (Lipinski definition) is 2. The van der Waals surface area contributed by atoms with E-state index in [1.54, 1.807) is 13.2 Å². The Morgan fingerprint density at radius 1 is 1.48 bits per heavy atom.